The summed E-state index contributed by atoms with van der Waals surface area (Å²) >= 11 is -4.05. The third-order valence-electron chi connectivity index (χ3n) is 12.9. The minimum Gasteiger partial charge on any atom is -0.147 e. The van der Waals surface area contributed by atoms with E-state index in [0.29, 0.717) is 7.25 Å². The molecule has 0 saturated heterocycles. The molecule has 2 aliphatic rings. The standard InChI is InChI=1S/2C23H27.C3H7.CH3.2ClH.H2Si.Zr/c2*1-6-8-17-11-13-18(14-12-17)20-10-7-9-19-15-21(23(3,4)5)16(2)22(19)20;1-3-2;;;;;/h2*7,9-15H,6,8H2,1-5H3;1,3H2,2H3;1H3;2*1H;1H2;. The summed E-state index contributed by atoms with van der Waals surface area (Å²) in [5.74, 6) is 0. The molecule has 0 fully saturated rings. The molecule has 0 N–H and O–H groups in total. The average molecular weight is 859 g/mol. The Bertz CT molecular complexity index is 1970. The van der Waals surface area contributed by atoms with Gasteiger partial charge in [-0.05, 0) is 0 Å². The minimum absolute atomic E-state index is 0. The van der Waals surface area contributed by atoms with Gasteiger partial charge in [0.2, 0.25) is 0 Å². The van der Waals surface area contributed by atoms with Crippen LogP contribution in [0.3, 0.4) is 0 Å². The van der Waals surface area contributed by atoms with Gasteiger partial charge in [0.15, 0.2) is 0 Å². The fourth-order valence-corrected chi connectivity index (χ4v) is 37.2. The van der Waals surface area contributed by atoms with E-state index in [0.717, 1.165) is 12.8 Å². The topological polar surface area (TPSA) is 0 Å². The van der Waals surface area contributed by atoms with Crippen molar-refractivity contribution in [3.8, 4) is 22.3 Å². The summed E-state index contributed by atoms with van der Waals surface area (Å²) in [7, 11) is 0. The van der Waals surface area contributed by atoms with Crippen LogP contribution >= 0.6 is 24.8 Å². The van der Waals surface area contributed by atoms with E-state index in [1.165, 1.54) is 67.9 Å². The molecule has 2 aliphatic carbocycles. The van der Waals surface area contributed by atoms with Gasteiger partial charge in [0.05, 0.1) is 0 Å². The van der Waals surface area contributed by atoms with Crippen LogP contribution in [0.2, 0.25) is 8.76 Å². The first kappa shape index (κ1) is 44.8. The van der Waals surface area contributed by atoms with E-state index in [-0.39, 0.29) is 35.6 Å². The van der Waals surface area contributed by atoms with E-state index in [1.54, 1.807) is 33.4 Å². The summed E-state index contributed by atoms with van der Waals surface area (Å²) < 4.78 is 5.22. The molecule has 4 aromatic rings. The Balaban J connectivity index is 0.00000325. The van der Waals surface area contributed by atoms with E-state index in [1.807, 2.05) is 0 Å². The second kappa shape index (κ2) is 16.5. The van der Waals surface area contributed by atoms with Crippen molar-refractivity contribution in [3.63, 3.8) is 0 Å². The summed E-state index contributed by atoms with van der Waals surface area (Å²) in [6.07, 6.45) is 5.87. The molecule has 0 spiro atoms. The van der Waals surface area contributed by atoms with E-state index in [9.17, 15) is 0 Å². The van der Waals surface area contributed by atoms with Gasteiger partial charge in [-0.1, -0.05) is 0 Å². The molecule has 0 bridgehead atoms. The van der Waals surface area contributed by atoms with Gasteiger partial charge in [0.25, 0.3) is 0 Å². The largest absolute Gasteiger partial charge is 0.147 e. The number of hydrogen-bond donors (Lipinski definition) is 0. The molecule has 0 radical (unpaired) electrons. The Labute approximate surface area is 344 Å². The van der Waals surface area contributed by atoms with Crippen LogP contribution in [-0.4, -0.2) is 6.88 Å². The number of hydrogen-bond acceptors (Lipinski definition) is 0. The Hall–Kier alpha value is -1.96. The van der Waals surface area contributed by atoms with Crippen LogP contribution in [0, 0.1) is 10.8 Å². The van der Waals surface area contributed by atoms with Crippen LogP contribution in [0.4, 0.5) is 0 Å². The molecule has 0 heterocycles. The van der Waals surface area contributed by atoms with Gasteiger partial charge >= 0.3 is 322 Å². The first-order chi connectivity index (χ1) is 24.5. The van der Waals surface area contributed by atoms with Gasteiger partial charge in [0, 0.05) is 0 Å². The molecule has 0 saturated carbocycles. The third kappa shape index (κ3) is 7.70. The van der Waals surface area contributed by atoms with Crippen molar-refractivity contribution in [1.82, 2.24) is 0 Å². The molecule has 6 rings (SSSR count). The van der Waals surface area contributed by atoms with Crippen molar-refractivity contribution in [2.24, 2.45) is 10.8 Å². The van der Waals surface area contributed by atoms with Crippen LogP contribution in [0.1, 0.15) is 136 Å². The maximum Gasteiger partial charge on any atom is -0.147 e. The molecule has 0 aliphatic heterocycles. The Kier molecular flexibility index (Phi) is 13.7. The van der Waals surface area contributed by atoms with Gasteiger partial charge in [-0.3, -0.25) is 0 Å². The molecule has 0 amide bonds. The van der Waals surface area contributed by atoms with Gasteiger partial charge in [-0.15, -0.1) is 24.8 Å². The maximum atomic E-state index is 2.92. The fourth-order valence-electron chi connectivity index (χ4n) is 11.2. The molecule has 2 unspecified atom stereocenters. The molecule has 290 valence electrons. The van der Waals surface area contributed by atoms with Crippen molar-refractivity contribution in [1.29, 1.82) is 0 Å². The minimum atomic E-state index is -4.05. The Morgan fingerprint density at radius 3 is 1.19 bits per heavy atom. The van der Waals surface area contributed by atoms with Crippen molar-refractivity contribution in [3.05, 3.63) is 129 Å². The van der Waals surface area contributed by atoms with Crippen LogP contribution < -0.4 is 0 Å². The molecule has 4 aromatic carbocycles. The van der Waals surface area contributed by atoms with Crippen molar-refractivity contribution in [2.45, 2.75) is 124 Å². The zero-order valence-electron chi connectivity index (χ0n) is 35.5. The van der Waals surface area contributed by atoms with Crippen molar-refractivity contribution in [2.75, 3.05) is 0 Å². The fraction of sp³-hybridized carbons (Fsp3) is 0.440. The number of halogens is 2. The van der Waals surface area contributed by atoms with Crippen LogP contribution in [0.25, 0.3) is 33.4 Å². The Morgan fingerprint density at radius 1 is 0.537 bits per heavy atom. The number of allylic oxidation sites excluding steroid dienone is 4. The maximum absolute atomic E-state index is 4.05. The monoisotopic (exact) mass is 856 g/mol. The van der Waals surface area contributed by atoms with Crippen LogP contribution in [0.5, 0.6) is 0 Å². The summed E-state index contributed by atoms with van der Waals surface area (Å²) in [5.41, 5.74) is 21.4. The first-order valence-electron chi connectivity index (χ1n) is 20.4. The van der Waals surface area contributed by atoms with Crippen molar-refractivity contribution >= 4 is 42.8 Å². The molecule has 2 atom stereocenters. The Morgan fingerprint density at radius 2 is 0.889 bits per heavy atom. The van der Waals surface area contributed by atoms with Gasteiger partial charge in [0.1, 0.15) is 0 Å². The van der Waals surface area contributed by atoms with Gasteiger partial charge < -0.3 is 0 Å². The second-order valence-electron chi connectivity index (χ2n) is 19.1. The first-order valence-corrected chi connectivity index (χ1v) is 33.4. The van der Waals surface area contributed by atoms with Crippen molar-refractivity contribution < 1.29 is 17.4 Å². The number of aryl methyl sites for hydroxylation is 2. The third-order valence-corrected chi connectivity index (χ3v) is 36.0. The summed E-state index contributed by atoms with van der Waals surface area (Å²) in [4.78, 5) is 0. The molecule has 0 nitrogen and oxygen atoms in total. The normalized spacial score (nSPS) is 17.3. The van der Waals surface area contributed by atoms with E-state index < -0.39 is 17.4 Å². The van der Waals surface area contributed by atoms with E-state index >= 15 is 0 Å². The summed E-state index contributed by atoms with van der Waals surface area (Å²) in [6, 6.07) is 33.7. The molecular formula is C50H68Cl2SiZr. The molecular weight excluding hydrogens is 791 g/mol. The molecule has 54 heavy (non-hydrogen) atoms. The van der Waals surface area contributed by atoms with Gasteiger partial charge in [-0.25, -0.2) is 0 Å². The second-order valence-corrected chi connectivity index (χ2v) is 47.6. The quantitative estimate of drug-likeness (QED) is 0.139. The molecule has 4 heteroatoms. The SMILES string of the molecule is CCCc1ccc(-c2cccc3c2C(C)=C(C(C)(C)C)[CH]3[Zr]([CH3])(=[SiH2])([CH2]CC)[CH]2C(C(C)(C)C)=C(C)c3c(-c4ccc(CCC)cc4)cccc32)cc1.Cl.Cl. The summed E-state index contributed by atoms with van der Waals surface area (Å²) in [5, 5.41) is 0. The average Bonchev–Trinajstić information content (AvgIpc) is 3.59. The van der Waals surface area contributed by atoms with E-state index in [2.05, 4.69) is 173 Å². The van der Waals surface area contributed by atoms with Crippen LogP contribution in [0.15, 0.2) is 96.1 Å². The number of rotatable bonds is 10. The zero-order chi connectivity index (χ0) is 37.8. The predicted molar refractivity (Wildman–Crippen MR) is 245 cm³/mol. The number of fused-ring (bicyclic) bond motifs is 2. The molecule has 0 aromatic heterocycles. The van der Waals surface area contributed by atoms with Gasteiger partial charge in [-0.2, -0.15) is 0 Å². The summed E-state index contributed by atoms with van der Waals surface area (Å²) in [6.45, 7) is 29.6. The predicted octanol–water partition coefficient (Wildman–Crippen LogP) is 15.3. The number of benzene rings is 4. The zero-order valence-corrected chi connectivity index (χ0v) is 41.0. The van der Waals surface area contributed by atoms with Crippen LogP contribution in [-0.2, 0) is 30.2 Å². The smallest absolute Gasteiger partial charge is 0.147 e. The van der Waals surface area contributed by atoms with E-state index in [4.69, 9.17) is 0 Å².